The van der Waals surface area contributed by atoms with E-state index in [-0.39, 0.29) is 5.91 Å². The molecular formula is C18H19N5O2. The number of nitrogens with one attached hydrogen (secondary N) is 1. The smallest absolute Gasteiger partial charge is 0.224 e. The van der Waals surface area contributed by atoms with Crippen LogP contribution in [0.5, 0.6) is 5.75 Å². The van der Waals surface area contributed by atoms with Gasteiger partial charge in [0.25, 0.3) is 0 Å². The first-order valence-corrected chi connectivity index (χ1v) is 8.04. The van der Waals surface area contributed by atoms with Crippen LogP contribution in [-0.2, 0) is 17.8 Å². The van der Waals surface area contributed by atoms with Crippen LogP contribution in [-0.4, -0.2) is 32.5 Å². The van der Waals surface area contributed by atoms with Gasteiger partial charge in [-0.1, -0.05) is 17.3 Å². The number of rotatable bonds is 7. The number of ether oxygens (including phenoxy) is 1. The molecule has 2 aromatic heterocycles. The molecule has 128 valence electrons. The first-order chi connectivity index (χ1) is 12.2. The fourth-order valence-electron chi connectivity index (χ4n) is 2.31. The average molecular weight is 337 g/mol. The molecule has 1 N–H and O–H groups in total. The number of aromatic nitrogens is 4. The van der Waals surface area contributed by atoms with Crippen molar-refractivity contribution in [1.29, 1.82) is 0 Å². The molecule has 7 nitrogen and oxygen atoms in total. The SMILES string of the molecule is CCOc1ccc(CC(=O)NCc2cn(-c3ccncc3)nn2)cc1. The Labute approximate surface area is 145 Å². The van der Waals surface area contributed by atoms with E-state index in [9.17, 15) is 4.79 Å². The summed E-state index contributed by atoms with van der Waals surface area (Å²) in [6, 6.07) is 11.2. The highest BCUT2D eigenvalue weighted by Crippen LogP contribution is 2.12. The molecule has 3 aromatic rings. The van der Waals surface area contributed by atoms with Crippen molar-refractivity contribution < 1.29 is 9.53 Å². The quantitative estimate of drug-likeness (QED) is 0.712. The third kappa shape index (κ3) is 4.63. The molecule has 0 unspecified atom stereocenters. The number of amides is 1. The number of hydrogen-bond donors (Lipinski definition) is 1. The number of carbonyl (C=O) groups is 1. The number of benzene rings is 1. The largest absolute Gasteiger partial charge is 0.494 e. The van der Waals surface area contributed by atoms with Crippen molar-refractivity contribution in [3.8, 4) is 11.4 Å². The Morgan fingerprint density at radius 1 is 1.16 bits per heavy atom. The summed E-state index contributed by atoms with van der Waals surface area (Å²) in [5, 5.41) is 11.0. The zero-order valence-corrected chi connectivity index (χ0v) is 13.9. The third-order valence-electron chi connectivity index (χ3n) is 3.53. The van der Waals surface area contributed by atoms with Gasteiger partial charge in [0.05, 0.1) is 31.5 Å². The third-order valence-corrected chi connectivity index (χ3v) is 3.53. The molecule has 0 aliphatic heterocycles. The lowest BCUT2D eigenvalue weighted by molar-refractivity contribution is -0.120. The zero-order valence-electron chi connectivity index (χ0n) is 13.9. The van der Waals surface area contributed by atoms with E-state index in [1.54, 1.807) is 23.3 Å². The molecule has 0 saturated heterocycles. The molecule has 2 heterocycles. The van der Waals surface area contributed by atoms with Crippen LogP contribution in [0.1, 0.15) is 18.2 Å². The molecule has 0 radical (unpaired) electrons. The van der Waals surface area contributed by atoms with Crippen LogP contribution < -0.4 is 10.1 Å². The summed E-state index contributed by atoms with van der Waals surface area (Å²) in [6.07, 6.45) is 5.47. The molecule has 0 aliphatic rings. The Morgan fingerprint density at radius 2 is 1.92 bits per heavy atom. The van der Waals surface area contributed by atoms with Gasteiger partial charge < -0.3 is 10.1 Å². The standard InChI is InChI=1S/C18H19N5O2/c1-2-25-17-5-3-14(4-6-17)11-18(24)20-12-15-13-23(22-21-15)16-7-9-19-10-8-16/h3-10,13H,2,11-12H2,1H3,(H,20,24). The summed E-state index contributed by atoms with van der Waals surface area (Å²) >= 11 is 0. The van der Waals surface area contributed by atoms with Crippen molar-refractivity contribution >= 4 is 5.91 Å². The maximum absolute atomic E-state index is 12.1. The fraction of sp³-hybridized carbons (Fsp3) is 0.222. The van der Waals surface area contributed by atoms with Crippen LogP contribution in [0.2, 0.25) is 0 Å². The van der Waals surface area contributed by atoms with Crippen molar-refractivity contribution in [2.75, 3.05) is 6.61 Å². The van der Waals surface area contributed by atoms with Crippen LogP contribution in [0.3, 0.4) is 0 Å². The summed E-state index contributed by atoms with van der Waals surface area (Å²) in [5.74, 6) is 0.738. The van der Waals surface area contributed by atoms with Gasteiger partial charge in [-0.3, -0.25) is 9.78 Å². The Kier molecular flexibility index (Phi) is 5.36. The van der Waals surface area contributed by atoms with Gasteiger partial charge in [0.1, 0.15) is 11.4 Å². The molecular weight excluding hydrogens is 318 g/mol. The topological polar surface area (TPSA) is 81.9 Å². The van der Waals surface area contributed by atoms with E-state index >= 15 is 0 Å². The molecule has 0 bridgehead atoms. The van der Waals surface area contributed by atoms with Crippen molar-refractivity contribution in [2.24, 2.45) is 0 Å². The lowest BCUT2D eigenvalue weighted by Crippen LogP contribution is -2.24. The summed E-state index contributed by atoms with van der Waals surface area (Å²) in [4.78, 5) is 16.0. The van der Waals surface area contributed by atoms with E-state index < -0.39 is 0 Å². The Balaban J connectivity index is 1.51. The summed E-state index contributed by atoms with van der Waals surface area (Å²) in [6.45, 7) is 2.90. The van der Waals surface area contributed by atoms with Crippen LogP contribution in [0.15, 0.2) is 55.0 Å². The number of nitrogens with zero attached hydrogens (tertiary/aromatic N) is 4. The lowest BCUT2D eigenvalue weighted by atomic mass is 10.1. The van der Waals surface area contributed by atoms with Crippen LogP contribution in [0.4, 0.5) is 0 Å². The first-order valence-electron chi connectivity index (χ1n) is 8.04. The van der Waals surface area contributed by atoms with Crippen molar-refractivity contribution in [3.05, 3.63) is 66.2 Å². The van der Waals surface area contributed by atoms with E-state index in [0.29, 0.717) is 25.3 Å². The minimum absolute atomic E-state index is 0.0670. The second-order valence-electron chi connectivity index (χ2n) is 5.39. The predicted octanol–water partition coefficient (Wildman–Crippen LogP) is 1.92. The minimum atomic E-state index is -0.0670. The second-order valence-corrected chi connectivity index (χ2v) is 5.39. The minimum Gasteiger partial charge on any atom is -0.494 e. The molecule has 0 atom stereocenters. The Bertz CT molecular complexity index is 815. The van der Waals surface area contributed by atoms with Gasteiger partial charge in [-0.25, -0.2) is 4.68 Å². The normalized spacial score (nSPS) is 10.4. The monoisotopic (exact) mass is 337 g/mol. The average Bonchev–Trinajstić information content (AvgIpc) is 3.12. The molecule has 0 aliphatic carbocycles. The van der Waals surface area contributed by atoms with Crippen LogP contribution >= 0.6 is 0 Å². The number of carbonyl (C=O) groups excluding carboxylic acids is 1. The maximum atomic E-state index is 12.1. The molecule has 25 heavy (non-hydrogen) atoms. The zero-order chi connectivity index (χ0) is 17.5. The summed E-state index contributed by atoms with van der Waals surface area (Å²) in [7, 11) is 0. The van der Waals surface area contributed by atoms with E-state index in [2.05, 4.69) is 20.6 Å². The van der Waals surface area contributed by atoms with Crippen LogP contribution in [0, 0.1) is 0 Å². The summed E-state index contributed by atoms with van der Waals surface area (Å²) in [5.41, 5.74) is 2.49. The second kappa shape index (κ2) is 8.05. The molecule has 1 aromatic carbocycles. The highest BCUT2D eigenvalue weighted by molar-refractivity contribution is 5.78. The van der Waals surface area contributed by atoms with Gasteiger partial charge in [0, 0.05) is 12.4 Å². The number of pyridine rings is 1. The van der Waals surface area contributed by atoms with Crippen molar-refractivity contribution in [3.63, 3.8) is 0 Å². The molecule has 0 spiro atoms. The fourth-order valence-corrected chi connectivity index (χ4v) is 2.31. The molecule has 1 amide bonds. The van der Waals surface area contributed by atoms with Crippen molar-refractivity contribution in [1.82, 2.24) is 25.3 Å². The number of hydrogen-bond acceptors (Lipinski definition) is 5. The van der Waals surface area contributed by atoms with E-state index in [4.69, 9.17) is 4.74 Å². The molecule has 7 heteroatoms. The predicted molar refractivity (Wildman–Crippen MR) is 92.3 cm³/mol. The van der Waals surface area contributed by atoms with Gasteiger partial charge in [0.15, 0.2) is 0 Å². The summed E-state index contributed by atoms with van der Waals surface area (Å²) < 4.78 is 7.04. The lowest BCUT2D eigenvalue weighted by Gasteiger charge is -2.05. The Hall–Kier alpha value is -3.22. The highest BCUT2D eigenvalue weighted by atomic mass is 16.5. The molecule has 0 fully saturated rings. The van der Waals surface area contributed by atoms with Gasteiger partial charge in [-0.15, -0.1) is 5.10 Å². The van der Waals surface area contributed by atoms with Gasteiger partial charge in [0.2, 0.25) is 5.91 Å². The van der Waals surface area contributed by atoms with E-state index in [1.807, 2.05) is 43.3 Å². The van der Waals surface area contributed by atoms with Gasteiger partial charge >= 0.3 is 0 Å². The Morgan fingerprint density at radius 3 is 2.64 bits per heavy atom. The van der Waals surface area contributed by atoms with Crippen LogP contribution in [0.25, 0.3) is 5.69 Å². The molecule has 3 rings (SSSR count). The van der Waals surface area contributed by atoms with E-state index in [1.165, 1.54) is 0 Å². The van der Waals surface area contributed by atoms with Gasteiger partial charge in [-0.05, 0) is 36.8 Å². The van der Waals surface area contributed by atoms with Gasteiger partial charge in [-0.2, -0.15) is 0 Å². The highest BCUT2D eigenvalue weighted by Gasteiger charge is 2.07. The maximum Gasteiger partial charge on any atom is 0.224 e. The molecule has 0 saturated carbocycles. The van der Waals surface area contributed by atoms with Crippen molar-refractivity contribution in [2.45, 2.75) is 19.9 Å². The first kappa shape index (κ1) is 16.6. The van der Waals surface area contributed by atoms with E-state index in [0.717, 1.165) is 17.0 Å².